The first kappa shape index (κ1) is 15.8. The van der Waals surface area contributed by atoms with Gasteiger partial charge in [0.15, 0.2) is 0 Å². The van der Waals surface area contributed by atoms with Gasteiger partial charge in [0.05, 0.1) is 18.8 Å². The van der Waals surface area contributed by atoms with Gasteiger partial charge in [-0.2, -0.15) is 5.10 Å². The maximum atomic E-state index is 9.06. The summed E-state index contributed by atoms with van der Waals surface area (Å²) in [7, 11) is 0. The molecule has 0 aromatic carbocycles. The summed E-state index contributed by atoms with van der Waals surface area (Å²) in [6, 6.07) is 2.31. The van der Waals surface area contributed by atoms with E-state index in [4.69, 9.17) is 9.52 Å². The van der Waals surface area contributed by atoms with Crippen LogP contribution in [0.2, 0.25) is 0 Å². The van der Waals surface area contributed by atoms with Gasteiger partial charge < -0.3 is 14.8 Å². The molecule has 116 valence electrons. The Morgan fingerprint density at radius 1 is 1.33 bits per heavy atom. The smallest absolute Gasteiger partial charge is 0.105 e. The van der Waals surface area contributed by atoms with Gasteiger partial charge in [0, 0.05) is 29.4 Å². The highest BCUT2D eigenvalue weighted by molar-refractivity contribution is 5.26. The van der Waals surface area contributed by atoms with Gasteiger partial charge in [0.2, 0.25) is 0 Å². The normalized spacial score (nSPS) is 12.9. The summed E-state index contributed by atoms with van der Waals surface area (Å²) < 4.78 is 7.45. The lowest BCUT2D eigenvalue weighted by atomic mass is 10.1. The molecule has 0 spiro atoms. The summed E-state index contributed by atoms with van der Waals surface area (Å²) in [6.45, 7) is 11.6. The zero-order valence-electron chi connectivity index (χ0n) is 13.5. The molecule has 0 aliphatic heterocycles. The Kier molecular flexibility index (Phi) is 4.85. The van der Waals surface area contributed by atoms with Crippen molar-refractivity contribution >= 4 is 0 Å². The number of hydrogen-bond donors (Lipinski definition) is 2. The molecule has 2 rings (SSSR count). The van der Waals surface area contributed by atoms with Crippen LogP contribution in [0.5, 0.6) is 0 Å². The molecule has 1 atom stereocenters. The second-order valence-corrected chi connectivity index (χ2v) is 5.57. The minimum Gasteiger partial charge on any atom is -0.466 e. The largest absolute Gasteiger partial charge is 0.466 e. The van der Waals surface area contributed by atoms with Gasteiger partial charge in [-0.3, -0.25) is 4.68 Å². The van der Waals surface area contributed by atoms with Crippen LogP contribution in [0.1, 0.15) is 47.0 Å². The number of aryl methyl sites for hydroxylation is 3. The second kappa shape index (κ2) is 6.45. The lowest BCUT2D eigenvalue weighted by molar-refractivity contribution is 0.267. The molecule has 0 radical (unpaired) electrons. The SMILES string of the molecule is Cc1cc(C(C)NCc2c(C)nn(CCO)c2C)c(C)o1. The van der Waals surface area contributed by atoms with Gasteiger partial charge in [-0.1, -0.05) is 0 Å². The number of aliphatic hydroxyl groups is 1. The van der Waals surface area contributed by atoms with Crippen LogP contribution >= 0.6 is 0 Å². The Labute approximate surface area is 126 Å². The molecule has 21 heavy (non-hydrogen) atoms. The van der Waals surface area contributed by atoms with Crippen molar-refractivity contribution in [3.05, 3.63) is 40.1 Å². The summed E-state index contributed by atoms with van der Waals surface area (Å²) in [5.74, 6) is 1.91. The van der Waals surface area contributed by atoms with E-state index in [-0.39, 0.29) is 12.6 Å². The topological polar surface area (TPSA) is 63.2 Å². The number of aliphatic hydroxyl groups excluding tert-OH is 1. The lowest BCUT2D eigenvalue weighted by Gasteiger charge is -2.13. The fourth-order valence-electron chi connectivity index (χ4n) is 2.75. The molecule has 2 N–H and O–H groups in total. The van der Waals surface area contributed by atoms with E-state index in [1.807, 2.05) is 32.4 Å². The molecule has 2 aromatic heterocycles. The Balaban J connectivity index is 2.08. The van der Waals surface area contributed by atoms with Crippen LogP contribution in [-0.2, 0) is 13.1 Å². The van der Waals surface area contributed by atoms with Crippen LogP contribution in [0, 0.1) is 27.7 Å². The minimum absolute atomic E-state index is 0.110. The van der Waals surface area contributed by atoms with Crippen molar-refractivity contribution in [3.63, 3.8) is 0 Å². The molecule has 0 amide bonds. The monoisotopic (exact) mass is 291 g/mol. The third-order valence-electron chi connectivity index (χ3n) is 3.97. The molecule has 1 unspecified atom stereocenters. The maximum Gasteiger partial charge on any atom is 0.105 e. The van der Waals surface area contributed by atoms with Gasteiger partial charge in [-0.05, 0) is 40.7 Å². The molecule has 0 aliphatic carbocycles. The van der Waals surface area contributed by atoms with Gasteiger partial charge in [-0.15, -0.1) is 0 Å². The van der Waals surface area contributed by atoms with Crippen molar-refractivity contribution in [3.8, 4) is 0 Å². The summed E-state index contributed by atoms with van der Waals surface area (Å²) in [4.78, 5) is 0. The molecule has 0 saturated carbocycles. The molecule has 2 heterocycles. The van der Waals surface area contributed by atoms with Crippen LogP contribution < -0.4 is 5.32 Å². The summed E-state index contributed by atoms with van der Waals surface area (Å²) in [5, 5.41) is 17.1. The summed E-state index contributed by atoms with van der Waals surface area (Å²) in [6.07, 6.45) is 0. The Morgan fingerprint density at radius 2 is 2.05 bits per heavy atom. The third kappa shape index (κ3) is 3.36. The highest BCUT2D eigenvalue weighted by Crippen LogP contribution is 2.22. The molecule has 0 bridgehead atoms. The van der Waals surface area contributed by atoms with Crippen molar-refractivity contribution in [2.24, 2.45) is 0 Å². The van der Waals surface area contributed by atoms with E-state index >= 15 is 0 Å². The van der Waals surface area contributed by atoms with E-state index in [9.17, 15) is 0 Å². The van der Waals surface area contributed by atoms with Crippen LogP contribution in [0.15, 0.2) is 10.5 Å². The zero-order chi connectivity index (χ0) is 15.6. The average molecular weight is 291 g/mol. The second-order valence-electron chi connectivity index (χ2n) is 5.57. The van der Waals surface area contributed by atoms with E-state index in [0.717, 1.165) is 29.5 Å². The van der Waals surface area contributed by atoms with Gasteiger partial charge in [-0.25, -0.2) is 0 Å². The third-order valence-corrected chi connectivity index (χ3v) is 3.97. The first-order valence-electron chi connectivity index (χ1n) is 7.38. The predicted octanol–water partition coefficient (Wildman–Crippen LogP) is 2.55. The molecule has 0 saturated heterocycles. The predicted molar refractivity (Wildman–Crippen MR) is 82.2 cm³/mol. The number of nitrogens with one attached hydrogen (secondary N) is 1. The minimum atomic E-state index is 0.110. The average Bonchev–Trinajstić information content (AvgIpc) is 2.89. The highest BCUT2D eigenvalue weighted by Gasteiger charge is 2.15. The number of hydrogen-bond acceptors (Lipinski definition) is 4. The van der Waals surface area contributed by atoms with Crippen LogP contribution in [0.25, 0.3) is 0 Å². The van der Waals surface area contributed by atoms with Gasteiger partial charge >= 0.3 is 0 Å². The number of rotatable bonds is 6. The summed E-state index contributed by atoms with van der Waals surface area (Å²) >= 11 is 0. The maximum absolute atomic E-state index is 9.06. The van der Waals surface area contributed by atoms with Crippen molar-refractivity contribution in [2.75, 3.05) is 6.61 Å². The van der Waals surface area contributed by atoms with E-state index < -0.39 is 0 Å². The Bertz CT molecular complexity index is 613. The first-order valence-corrected chi connectivity index (χ1v) is 7.38. The van der Waals surface area contributed by atoms with Crippen molar-refractivity contribution in [1.29, 1.82) is 0 Å². The lowest BCUT2D eigenvalue weighted by Crippen LogP contribution is -2.19. The molecule has 0 aliphatic rings. The summed E-state index contributed by atoms with van der Waals surface area (Å²) in [5.41, 5.74) is 4.53. The number of aromatic nitrogens is 2. The van der Waals surface area contributed by atoms with Gasteiger partial charge in [0.1, 0.15) is 11.5 Å². The molecule has 5 heteroatoms. The molecule has 0 fully saturated rings. The van der Waals surface area contributed by atoms with Crippen molar-refractivity contribution in [1.82, 2.24) is 15.1 Å². The Morgan fingerprint density at radius 3 is 2.62 bits per heavy atom. The van der Waals surface area contributed by atoms with Gasteiger partial charge in [0.25, 0.3) is 0 Å². The molecular formula is C16H25N3O2. The van der Waals surface area contributed by atoms with E-state index in [1.165, 1.54) is 11.1 Å². The number of furan rings is 1. The van der Waals surface area contributed by atoms with E-state index in [2.05, 4.69) is 23.4 Å². The fourth-order valence-corrected chi connectivity index (χ4v) is 2.75. The molecule has 5 nitrogen and oxygen atoms in total. The quantitative estimate of drug-likeness (QED) is 0.858. The van der Waals surface area contributed by atoms with Crippen molar-refractivity contribution < 1.29 is 9.52 Å². The zero-order valence-corrected chi connectivity index (χ0v) is 13.5. The van der Waals surface area contributed by atoms with Crippen LogP contribution in [-0.4, -0.2) is 21.5 Å². The van der Waals surface area contributed by atoms with E-state index in [0.29, 0.717) is 6.54 Å². The number of nitrogens with zero attached hydrogens (tertiary/aromatic N) is 2. The van der Waals surface area contributed by atoms with Crippen LogP contribution in [0.3, 0.4) is 0 Å². The fraction of sp³-hybridized carbons (Fsp3) is 0.562. The first-order chi connectivity index (χ1) is 9.93. The highest BCUT2D eigenvalue weighted by atomic mass is 16.3. The van der Waals surface area contributed by atoms with Crippen molar-refractivity contribution in [2.45, 2.75) is 53.8 Å². The molecule has 2 aromatic rings. The van der Waals surface area contributed by atoms with E-state index in [1.54, 1.807) is 0 Å². The Hall–Kier alpha value is -1.59. The van der Waals surface area contributed by atoms with Crippen LogP contribution in [0.4, 0.5) is 0 Å². The molecular weight excluding hydrogens is 266 g/mol. The standard InChI is InChI=1S/C16H25N3O2/c1-10-8-15(14(5)21-10)11(2)17-9-16-12(3)18-19(6-7-20)13(16)4/h8,11,17,20H,6-7,9H2,1-5H3.